The molecule has 0 unspecified atom stereocenters. The third-order valence-corrected chi connectivity index (χ3v) is 3.58. The van der Waals surface area contributed by atoms with Gasteiger partial charge in [0.25, 0.3) is 0 Å². The molecular formula is C7H10. The number of rotatable bonds is 0. The predicted molar refractivity (Wildman–Crippen MR) is 27.8 cm³/mol. The molecule has 5 aliphatic carbocycles. The highest BCUT2D eigenvalue weighted by molar-refractivity contribution is 5.13. The minimum absolute atomic E-state index is 1.25. The monoisotopic (exact) mass is 94.1 g/mol. The first-order chi connectivity index (χ1) is 3.47. The second-order valence-electron chi connectivity index (χ2n) is 3.47. The molecule has 0 amide bonds. The van der Waals surface area contributed by atoms with Gasteiger partial charge in [0.1, 0.15) is 0 Å². The van der Waals surface area contributed by atoms with E-state index in [4.69, 9.17) is 0 Å². The van der Waals surface area contributed by atoms with Gasteiger partial charge in [0.15, 0.2) is 0 Å². The highest BCUT2D eigenvalue weighted by atomic mass is 14.7. The average molecular weight is 94.2 g/mol. The Bertz CT molecular complexity index is 91.2. The Morgan fingerprint density at radius 2 is 1.29 bits per heavy atom. The normalized spacial score (nSPS) is 72.0. The molecule has 0 aromatic rings. The van der Waals surface area contributed by atoms with E-state index in [2.05, 4.69) is 0 Å². The summed E-state index contributed by atoms with van der Waals surface area (Å²) in [4.78, 5) is 0. The summed E-state index contributed by atoms with van der Waals surface area (Å²) in [6.07, 6.45) is 4.81. The zero-order valence-corrected chi connectivity index (χ0v) is 4.43. The van der Waals surface area contributed by atoms with E-state index >= 15 is 0 Å². The van der Waals surface area contributed by atoms with Crippen molar-refractivity contribution in [1.82, 2.24) is 0 Å². The van der Waals surface area contributed by atoms with Crippen molar-refractivity contribution in [2.75, 3.05) is 0 Å². The fraction of sp³-hybridized carbons (Fsp3) is 1.00. The molecule has 0 aromatic heterocycles. The van der Waals surface area contributed by atoms with Gasteiger partial charge in [-0.1, -0.05) is 0 Å². The number of fused-ring (bicyclic) bond motifs is 1. The topological polar surface area (TPSA) is 0 Å². The molecule has 4 bridgehead atoms. The predicted octanol–water partition coefficient (Wildman–Crippen LogP) is 1.66. The van der Waals surface area contributed by atoms with Crippen LogP contribution in [0.5, 0.6) is 0 Å². The first kappa shape index (κ1) is 3.11. The van der Waals surface area contributed by atoms with Crippen molar-refractivity contribution in [3.8, 4) is 0 Å². The summed E-state index contributed by atoms with van der Waals surface area (Å²) in [5.74, 6) is 5.02. The molecule has 0 atom stereocenters. The van der Waals surface area contributed by atoms with Gasteiger partial charge in [0.2, 0.25) is 0 Å². The van der Waals surface area contributed by atoms with E-state index < -0.39 is 0 Å². The van der Waals surface area contributed by atoms with Crippen LogP contribution in [0.3, 0.4) is 0 Å². The van der Waals surface area contributed by atoms with Crippen LogP contribution in [0.15, 0.2) is 0 Å². The lowest BCUT2D eigenvalue weighted by atomic mass is 9.46. The van der Waals surface area contributed by atoms with Gasteiger partial charge >= 0.3 is 0 Å². The molecule has 5 aliphatic rings. The smallest absolute Gasteiger partial charge is 0.0349 e. The SMILES string of the molecule is C1CC2C3CC2C13. The van der Waals surface area contributed by atoms with Crippen LogP contribution in [-0.4, -0.2) is 0 Å². The molecular weight excluding hydrogens is 84.1 g/mol. The Hall–Kier alpha value is 0. The maximum absolute atomic E-state index is 1.62. The van der Waals surface area contributed by atoms with E-state index in [9.17, 15) is 0 Å². The molecule has 0 aliphatic heterocycles. The molecule has 7 heavy (non-hydrogen) atoms. The quantitative estimate of drug-likeness (QED) is 0.428. The van der Waals surface area contributed by atoms with Gasteiger partial charge in [-0.05, 0) is 42.9 Å². The first-order valence-electron chi connectivity index (χ1n) is 3.47. The lowest BCUT2D eigenvalue weighted by Gasteiger charge is -2.58. The Labute approximate surface area is 43.9 Å². The average Bonchev–Trinajstić information content (AvgIpc) is 1.82. The van der Waals surface area contributed by atoms with Crippen molar-refractivity contribution < 1.29 is 0 Å². The van der Waals surface area contributed by atoms with Gasteiger partial charge in [-0.25, -0.2) is 0 Å². The summed E-state index contributed by atoms with van der Waals surface area (Å²) in [6, 6.07) is 0. The molecule has 5 fully saturated rings. The molecule has 0 saturated heterocycles. The lowest BCUT2D eigenvalue weighted by molar-refractivity contribution is -0.103. The van der Waals surface area contributed by atoms with Gasteiger partial charge in [0.05, 0.1) is 0 Å². The standard InChI is InChI=1S/C7H10/c1-2-5-6-3-7(5)4(1)6/h4-7H,1-3H2. The Kier molecular flexibility index (Phi) is 0.296. The molecule has 0 radical (unpaired) electrons. The van der Waals surface area contributed by atoms with Crippen molar-refractivity contribution in [3.05, 3.63) is 0 Å². The third kappa shape index (κ3) is 0.154. The van der Waals surface area contributed by atoms with E-state index in [1.54, 1.807) is 19.3 Å². The molecule has 0 aromatic carbocycles. The zero-order valence-electron chi connectivity index (χ0n) is 4.43. The summed E-state index contributed by atoms with van der Waals surface area (Å²) in [5, 5.41) is 0. The van der Waals surface area contributed by atoms with Crippen LogP contribution < -0.4 is 0 Å². The Balaban J connectivity index is 2.09. The van der Waals surface area contributed by atoms with Crippen LogP contribution in [0.2, 0.25) is 0 Å². The van der Waals surface area contributed by atoms with Crippen molar-refractivity contribution in [2.24, 2.45) is 23.7 Å². The lowest BCUT2D eigenvalue weighted by Crippen LogP contribution is -2.52. The summed E-state index contributed by atoms with van der Waals surface area (Å²) in [7, 11) is 0. The first-order valence-corrected chi connectivity index (χ1v) is 3.47. The van der Waals surface area contributed by atoms with Crippen LogP contribution >= 0.6 is 0 Å². The molecule has 38 valence electrons. The molecule has 0 heterocycles. The molecule has 0 nitrogen and oxygen atoms in total. The van der Waals surface area contributed by atoms with Crippen molar-refractivity contribution >= 4 is 0 Å². The van der Waals surface area contributed by atoms with Gasteiger partial charge < -0.3 is 0 Å². The summed E-state index contributed by atoms with van der Waals surface area (Å²) in [5.41, 5.74) is 0. The maximum Gasteiger partial charge on any atom is -0.0349 e. The van der Waals surface area contributed by atoms with Gasteiger partial charge in [-0.15, -0.1) is 0 Å². The highest BCUT2D eigenvalue weighted by Gasteiger charge is 2.64. The maximum atomic E-state index is 1.62. The largest absolute Gasteiger partial charge is 0.0496 e. The van der Waals surface area contributed by atoms with Crippen molar-refractivity contribution in [2.45, 2.75) is 19.3 Å². The van der Waals surface area contributed by atoms with E-state index in [1.165, 1.54) is 23.7 Å². The molecule has 0 spiro atoms. The highest BCUT2D eigenvalue weighted by Crippen LogP contribution is 2.71. The fourth-order valence-corrected chi connectivity index (χ4v) is 2.99. The van der Waals surface area contributed by atoms with Crippen LogP contribution in [0, 0.1) is 23.7 Å². The minimum Gasteiger partial charge on any atom is -0.0496 e. The van der Waals surface area contributed by atoms with Gasteiger partial charge in [-0.2, -0.15) is 0 Å². The Morgan fingerprint density at radius 1 is 0.714 bits per heavy atom. The Morgan fingerprint density at radius 3 is 1.43 bits per heavy atom. The van der Waals surface area contributed by atoms with Crippen molar-refractivity contribution in [1.29, 1.82) is 0 Å². The van der Waals surface area contributed by atoms with Crippen molar-refractivity contribution in [3.63, 3.8) is 0 Å². The molecule has 5 rings (SSSR count). The van der Waals surface area contributed by atoms with E-state index in [0.717, 1.165) is 0 Å². The summed E-state index contributed by atoms with van der Waals surface area (Å²) in [6.45, 7) is 0. The van der Waals surface area contributed by atoms with Gasteiger partial charge in [0, 0.05) is 0 Å². The third-order valence-electron chi connectivity index (χ3n) is 3.58. The summed E-state index contributed by atoms with van der Waals surface area (Å²) >= 11 is 0. The van der Waals surface area contributed by atoms with Gasteiger partial charge in [-0.3, -0.25) is 0 Å². The fourth-order valence-electron chi connectivity index (χ4n) is 2.99. The van der Waals surface area contributed by atoms with E-state index in [1.807, 2.05) is 0 Å². The second kappa shape index (κ2) is 0.667. The van der Waals surface area contributed by atoms with E-state index in [-0.39, 0.29) is 0 Å². The zero-order chi connectivity index (χ0) is 4.43. The van der Waals surface area contributed by atoms with Crippen LogP contribution in [0.25, 0.3) is 0 Å². The number of hydrogen-bond donors (Lipinski definition) is 0. The summed E-state index contributed by atoms with van der Waals surface area (Å²) < 4.78 is 0. The van der Waals surface area contributed by atoms with Crippen LogP contribution in [0.4, 0.5) is 0 Å². The second-order valence-corrected chi connectivity index (χ2v) is 3.47. The van der Waals surface area contributed by atoms with Crippen LogP contribution in [0.1, 0.15) is 19.3 Å². The number of hydrogen-bond acceptors (Lipinski definition) is 0. The molecule has 0 heteroatoms. The molecule has 0 N–H and O–H groups in total. The van der Waals surface area contributed by atoms with Crippen LogP contribution in [-0.2, 0) is 0 Å². The van der Waals surface area contributed by atoms with E-state index in [0.29, 0.717) is 0 Å². The molecule has 5 saturated carbocycles. The minimum atomic E-state index is 1.25.